The van der Waals surface area contributed by atoms with Crippen LogP contribution in [0.3, 0.4) is 0 Å². The van der Waals surface area contributed by atoms with Crippen LogP contribution in [-0.4, -0.2) is 10.9 Å². The number of carbonyl (C=O) groups excluding carboxylic acids is 1. The molecule has 2 rings (SSSR count). The quantitative estimate of drug-likeness (QED) is 0.871. The van der Waals surface area contributed by atoms with E-state index in [0.29, 0.717) is 17.3 Å². The second-order valence-electron chi connectivity index (χ2n) is 6.23. The molecule has 124 valence electrons. The third-order valence-corrected chi connectivity index (χ3v) is 3.16. The number of anilines is 1. The average molecular weight is 326 g/mol. The van der Waals surface area contributed by atoms with Crippen molar-refractivity contribution in [2.24, 2.45) is 0 Å². The molecule has 1 aromatic heterocycles. The Morgan fingerprint density at radius 1 is 1.22 bits per heavy atom. The Balaban J connectivity index is 2.15. The van der Waals surface area contributed by atoms with Gasteiger partial charge in [-0.1, -0.05) is 20.8 Å². The molecule has 4 nitrogen and oxygen atoms in total. The maximum Gasteiger partial charge on any atom is 0.232 e. The molecule has 0 aliphatic carbocycles. The van der Waals surface area contributed by atoms with E-state index in [4.69, 9.17) is 4.42 Å². The van der Waals surface area contributed by atoms with E-state index in [2.05, 4.69) is 10.3 Å². The minimum Gasteiger partial charge on any atom is -0.444 e. The first-order chi connectivity index (χ1) is 10.6. The molecule has 0 aliphatic rings. The molecule has 1 aromatic carbocycles. The lowest BCUT2D eigenvalue weighted by Crippen LogP contribution is -2.16. The molecule has 0 unspecified atom stereocenters. The summed E-state index contributed by atoms with van der Waals surface area (Å²) in [5, 5.41) is 2.19. The normalized spacial score (nSPS) is 11.6. The van der Waals surface area contributed by atoms with E-state index in [9.17, 15) is 18.0 Å². The maximum absolute atomic E-state index is 13.5. The number of aromatic nitrogens is 1. The van der Waals surface area contributed by atoms with Gasteiger partial charge in [-0.2, -0.15) is 0 Å². The fraction of sp³-hybridized carbons (Fsp3) is 0.375. The first kappa shape index (κ1) is 17.1. The number of carbonyl (C=O) groups is 1. The van der Waals surface area contributed by atoms with Crippen molar-refractivity contribution >= 4 is 11.6 Å². The standard InChI is InChI=1S/C16H17F3N2O2/c1-8-11(23-15(20-8)16(2,3)4)7-12(22)21-10-6-5-9(17)13(18)14(10)19/h5-6H,7H2,1-4H3,(H,21,22). The van der Waals surface area contributed by atoms with E-state index >= 15 is 0 Å². The van der Waals surface area contributed by atoms with Gasteiger partial charge in [-0.15, -0.1) is 0 Å². The molecule has 0 aliphatic heterocycles. The molecule has 0 radical (unpaired) electrons. The third-order valence-electron chi connectivity index (χ3n) is 3.16. The molecule has 7 heteroatoms. The fourth-order valence-corrected chi connectivity index (χ4v) is 1.88. The van der Waals surface area contributed by atoms with Crippen LogP contribution in [0.1, 0.15) is 38.1 Å². The molecule has 0 bridgehead atoms. The predicted octanol–water partition coefficient (Wildman–Crippen LogP) is 3.88. The summed E-state index contributed by atoms with van der Waals surface area (Å²) in [6.07, 6.45) is -0.187. The number of oxazole rings is 1. The van der Waals surface area contributed by atoms with Crippen molar-refractivity contribution in [2.75, 3.05) is 5.32 Å². The summed E-state index contributed by atoms with van der Waals surface area (Å²) in [6, 6.07) is 1.70. The maximum atomic E-state index is 13.5. The summed E-state index contributed by atoms with van der Waals surface area (Å²) >= 11 is 0. The molecular weight excluding hydrogens is 309 g/mol. The SMILES string of the molecule is Cc1nc(C(C)(C)C)oc1CC(=O)Nc1ccc(F)c(F)c1F. The van der Waals surface area contributed by atoms with Crippen LogP contribution in [0.4, 0.5) is 18.9 Å². The van der Waals surface area contributed by atoms with E-state index in [1.807, 2.05) is 20.8 Å². The zero-order valence-electron chi connectivity index (χ0n) is 13.3. The minimum atomic E-state index is -1.63. The van der Waals surface area contributed by atoms with E-state index in [0.717, 1.165) is 12.1 Å². The third kappa shape index (κ3) is 3.72. The Bertz CT molecular complexity index is 749. The van der Waals surface area contributed by atoms with Crippen LogP contribution in [0, 0.1) is 24.4 Å². The van der Waals surface area contributed by atoms with Crippen molar-refractivity contribution in [1.82, 2.24) is 4.98 Å². The lowest BCUT2D eigenvalue weighted by atomic mass is 9.97. The van der Waals surface area contributed by atoms with Gasteiger partial charge in [0.05, 0.1) is 17.8 Å². The van der Waals surface area contributed by atoms with Gasteiger partial charge in [0, 0.05) is 5.41 Å². The zero-order valence-corrected chi connectivity index (χ0v) is 13.3. The van der Waals surface area contributed by atoms with Crippen molar-refractivity contribution in [3.63, 3.8) is 0 Å². The molecule has 1 amide bonds. The Morgan fingerprint density at radius 2 is 1.87 bits per heavy atom. The number of halogens is 3. The van der Waals surface area contributed by atoms with Crippen LogP contribution in [0.15, 0.2) is 16.5 Å². The highest BCUT2D eigenvalue weighted by Crippen LogP contribution is 2.24. The number of aryl methyl sites for hydroxylation is 1. The van der Waals surface area contributed by atoms with Crippen LogP contribution in [0.2, 0.25) is 0 Å². The van der Waals surface area contributed by atoms with Gasteiger partial charge in [-0.3, -0.25) is 4.79 Å². The number of nitrogens with zero attached hydrogens (tertiary/aromatic N) is 1. The van der Waals surface area contributed by atoms with Crippen molar-refractivity contribution < 1.29 is 22.4 Å². The summed E-state index contributed by atoms with van der Waals surface area (Å²) in [7, 11) is 0. The topological polar surface area (TPSA) is 55.1 Å². The van der Waals surface area contributed by atoms with Crippen molar-refractivity contribution in [3.8, 4) is 0 Å². The first-order valence-electron chi connectivity index (χ1n) is 6.99. The van der Waals surface area contributed by atoms with Gasteiger partial charge < -0.3 is 9.73 Å². The number of nitrogens with one attached hydrogen (secondary N) is 1. The Labute approximate surface area is 131 Å². The zero-order chi connectivity index (χ0) is 17.4. The van der Waals surface area contributed by atoms with Crippen molar-refractivity contribution in [2.45, 2.75) is 39.5 Å². The molecule has 1 heterocycles. The second-order valence-corrected chi connectivity index (χ2v) is 6.23. The number of rotatable bonds is 3. The molecule has 0 fully saturated rings. The predicted molar refractivity (Wildman–Crippen MR) is 78.6 cm³/mol. The average Bonchev–Trinajstić information content (AvgIpc) is 2.81. The minimum absolute atomic E-state index is 0.187. The molecular formula is C16H17F3N2O2. The Hall–Kier alpha value is -2.31. The summed E-state index contributed by atoms with van der Waals surface area (Å²) in [6.45, 7) is 7.44. The van der Waals surface area contributed by atoms with E-state index in [-0.39, 0.29) is 11.8 Å². The van der Waals surface area contributed by atoms with Crippen LogP contribution >= 0.6 is 0 Å². The molecule has 2 aromatic rings. The largest absolute Gasteiger partial charge is 0.444 e. The van der Waals surface area contributed by atoms with E-state index in [1.165, 1.54) is 0 Å². The number of benzene rings is 1. The van der Waals surface area contributed by atoms with Crippen molar-refractivity contribution in [3.05, 3.63) is 46.9 Å². The van der Waals surface area contributed by atoms with Gasteiger partial charge in [0.25, 0.3) is 0 Å². The van der Waals surface area contributed by atoms with Crippen molar-refractivity contribution in [1.29, 1.82) is 0 Å². The molecule has 0 spiro atoms. The van der Waals surface area contributed by atoms with Gasteiger partial charge in [-0.05, 0) is 19.1 Å². The number of amides is 1. The highest BCUT2D eigenvalue weighted by Gasteiger charge is 2.23. The van der Waals surface area contributed by atoms with Crippen LogP contribution in [-0.2, 0) is 16.6 Å². The lowest BCUT2D eigenvalue weighted by molar-refractivity contribution is -0.115. The Morgan fingerprint density at radius 3 is 2.43 bits per heavy atom. The summed E-state index contributed by atoms with van der Waals surface area (Å²) in [4.78, 5) is 16.2. The highest BCUT2D eigenvalue weighted by molar-refractivity contribution is 5.92. The molecule has 0 saturated heterocycles. The smallest absolute Gasteiger partial charge is 0.232 e. The van der Waals surface area contributed by atoms with Gasteiger partial charge in [0.15, 0.2) is 23.3 Å². The van der Waals surface area contributed by atoms with Gasteiger partial charge >= 0.3 is 0 Å². The summed E-state index contributed by atoms with van der Waals surface area (Å²) in [5.41, 5.74) is -0.191. The number of hydrogen-bond donors (Lipinski definition) is 1. The lowest BCUT2D eigenvalue weighted by Gasteiger charge is -2.12. The van der Waals surface area contributed by atoms with Gasteiger partial charge in [-0.25, -0.2) is 18.2 Å². The van der Waals surface area contributed by atoms with Gasteiger partial charge in [0.1, 0.15) is 5.76 Å². The molecule has 1 N–H and O–H groups in total. The highest BCUT2D eigenvalue weighted by atomic mass is 19.2. The molecule has 0 atom stereocenters. The monoisotopic (exact) mass is 326 g/mol. The van der Waals surface area contributed by atoms with Crippen LogP contribution in [0.5, 0.6) is 0 Å². The number of hydrogen-bond acceptors (Lipinski definition) is 3. The van der Waals surface area contributed by atoms with Gasteiger partial charge in [0.2, 0.25) is 5.91 Å². The second kappa shape index (κ2) is 6.06. The van der Waals surface area contributed by atoms with Crippen LogP contribution in [0.25, 0.3) is 0 Å². The molecule has 23 heavy (non-hydrogen) atoms. The summed E-state index contributed by atoms with van der Waals surface area (Å²) < 4.78 is 45.1. The fourth-order valence-electron chi connectivity index (χ4n) is 1.88. The van der Waals surface area contributed by atoms with E-state index in [1.54, 1.807) is 6.92 Å². The van der Waals surface area contributed by atoms with E-state index < -0.39 is 29.0 Å². The molecule has 0 saturated carbocycles. The summed E-state index contributed by atoms with van der Waals surface area (Å²) in [5.74, 6) is -4.18. The first-order valence-corrected chi connectivity index (χ1v) is 6.99. The van der Waals surface area contributed by atoms with Crippen LogP contribution < -0.4 is 5.32 Å². The Kier molecular flexibility index (Phi) is 4.49.